The lowest BCUT2D eigenvalue weighted by Gasteiger charge is -2.42. The second-order valence-corrected chi connectivity index (χ2v) is 29.7. The summed E-state index contributed by atoms with van der Waals surface area (Å²) in [7, 11) is 8.17. The minimum absolute atomic E-state index is 0.0165. The predicted molar refractivity (Wildman–Crippen MR) is 378 cm³/mol. The lowest BCUT2D eigenvalue weighted by molar-refractivity contribution is -0.164. The van der Waals surface area contributed by atoms with Crippen LogP contribution in [0.3, 0.4) is 0 Å². The Bertz CT molecular complexity index is 2910. The molecule has 2 saturated heterocycles. The maximum absolute atomic E-state index is 15.5. The van der Waals surface area contributed by atoms with Crippen LogP contribution in [0.1, 0.15) is 157 Å². The van der Waals surface area contributed by atoms with Gasteiger partial charge < -0.3 is 70.4 Å². The second kappa shape index (κ2) is 41.2. The number of hydrogen-bond acceptors (Lipinski definition) is 16. The van der Waals surface area contributed by atoms with Gasteiger partial charge >= 0.3 is 12.1 Å². The number of alkyl halides is 3. The summed E-state index contributed by atoms with van der Waals surface area (Å²) in [6, 6.07) is -15.2. The Balaban J connectivity index is 3.05. The fourth-order valence-corrected chi connectivity index (χ4v) is 12.6. The van der Waals surface area contributed by atoms with Crippen molar-refractivity contribution < 1.29 is 85.0 Å². The van der Waals surface area contributed by atoms with Crippen LogP contribution < -0.4 is 26.6 Å². The molecule has 31 heteroatoms. The average Bonchev–Trinajstić information content (AvgIpc) is 0.804. The third kappa shape index (κ3) is 26.4. The normalized spacial score (nSPS) is 26.5. The highest BCUT2D eigenvalue weighted by molar-refractivity contribution is 6.00. The average molecular weight is 1450 g/mol. The van der Waals surface area contributed by atoms with E-state index < -0.39 is 199 Å². The molecule has 0 aliphatic carbocycles. The molecule has 0 aromatic rings. The molecule has 2 rings (SSSR count). The van der Waals surface area contributed by atoms with Crippen molar-refractivity contribution in [2.45, 2.75) is 235 Å². The molecule has 2 aliphatic heterocycles. The van der Waals surface area contributed by atoms with Crippen LogP contribution in [0.2, 0.25) is 0 Å². The minimum atomic E-state index is -4.44. The number of esters is 1. The molecule has 0 unspecified atom stereocenters. The van der Waals surface area contributed by atoms with E-state index in [1.807, 2.05) is 27.7 Å². The number of amides is 12. The van der Waals surface area contributed by atoms with E-state index in [0.29, 0.717) is 0 Å². The zero-order valence-corrected chi connectivity index (χ0v) is 64.9. The van der Waals surface area contributed by atoms with Crippen molar-refractivity contribution in [1.82, 2.24) is 65.8 Å². The van der Waals surface area contributed by atoms with Crippen LogP contribution in [-0.2, 0) is 71.8 Å². The van der Waals surface area contributed by atoms with E-state index in [0.717, 1.165) is 21.6 Å². The lowest BCUT2D eigenvalue weighted by Crippen LogP contribution is -2.64. The van der Waals surface area contributed by atoms with E-state index in [-0.39, 0.29) is 76.0 Å². The SMILES string of the molecule is C/C=C/C[C@@H](C)[C@@H](OC(C)=O)[C@H]1C(=O)N[C@@H](CC)C(=O)N(C)[C@H](C)C(=O)N[C@@H]([C@H](C)COCC(=O)N2CCN(CC(F)(F)F)CC2)C(=O)N[C@@H](C(C)C)C(=O)N(C)[C@@H](CC(C)C)C(=O)N[C@@H](C)C(=O)N[C@H](C)C(=O)N(C)[C@@H](CC(C)C)C(=O)N(C)[C@@H](CC(C)C)C(=O)N(C)[C@@H](C(C)C)C(=O)N1C. The standard InChI is InChI=1S/C71H122F3N13O15/c1-25-27-28-44(13)59(102-49(18)88)58-64(94)77-50(26-2)66(96)80(19)48(17)61(91)79-56(45(14)36-101-37-54(89)87-31-29-86(30-32-87)38-71(72,73)74)63(93)78-55(42(9)10)69(99)81(20)51(33-39(3)4)62(92)75-46(15)60(90)76-47(16)65(95)82(21)52(34-40(5)6)67(97)83(22)53(35-41(7)8)68(98)84(23)57(43(11)12)70(100)85(58)24/h25,27,39-48,50-53,55-59H,26,28-38H2,1-24H3,(H,75,92)(H,76,90)(H,77,94)(H,78,93)(H,79,91)/b27-25+/t44-,45-,46+,47-,48-,50+,51+,52+,53+,55+,56+,57+,58+,59-/m1/s1. The van der Waals surface area contributed by atoms with Gasteiger partial charge in [-0.3, -0.25) is 67.2 Å². The molecule has 0 aromatic carbocycles. The number of carbonyl (C=O) groups excluding carboxylic acids is 13. The molecule has 12 amide bonds. The predicted octanol–water partition coefficient (Wildman–Crippen LogP) is 3.20. The van der Waals surface area contributed by atoms with E-state index in [9.17, 15) is 56.3 Å². The molecule has 0 saturated carbocycles. The fraction of sp³-hybridized carbons (Fsp3) is 0.789. The fourth-order valence-electron chi connectivity index (χ4n) is 12.6. The van der Waals surface area contributed by atoms with Gasteiger partial charge in [0, 0.05) is 81.3 Å². The first-order valence-corrected chi connectivity index (χ1v) is 35.7. The Morgan fingerprint density at radius 2 is 1.01 bits per heavy atom. The van der Waals surface area contributed by atoms with Crippen LogP contribution in [0.15, 0.2) is 12.2 Å². The van der Waals surface area contributed by atoms with Crippen molar-refractivity contribution in [3.05, 3.63) is 12.2 Å². The molecule has 0 radical (unpaired) electrons. The van der Waals surface area contributed by atoms with Crippen molar-refractivity contribution >= 4 is 76.9 Å². The van der Waals surface area contributed by atoms with E-state index in [4.69, 9.17) is 9.47 Å². The van der Waals surface area contributed by atoms with Gasteiger partial charge in [-0.15, -0.1) is 0 Å². The molecule has 0 spiro atoms. The highest BCUT2D eigenvalue weighted by Crippen LogP contribution is 2.27. The van der Waals surface area contributed by atoms with E-state index in [1.165, 1.54) is 94.5 Å². The van der Waals surface area contributed by atoms with Gasteiger partial charge in [0.15, 0.2) is 0 Å². The van der Waals surface area contributed by atoms with Gasteiger partial charge in [0.2, 0.25) is 70.9 Å². The van der Waals surface area contributed by atoms with E-state index >= 15 is 19.2 Å². The molecule has 2 aliphatic rings. The molecule has 0 aromatic heterocycles. The monoisotopic (exact) mass is 1450 g/mol. The van der Waals surface area contributed by atoms with Crippen molar-refractivity contribution in [3.63, 3.8) is 0 Å². The highest BCUT2D eigenvalue weighted by Gasteiger charge is 2.47. The van der Waals surface area contributed by atoms with Crippen LogP contribution in [0.4, 0.5) is 13.2 Å². The first kappa shape index (κ1) is 90.6. The number of nitrogens with one attached hydrogen (secondary N) is 5. The summed E-state index contributed by atoms with van der Waals surface area (Å²) in [6.45, 7) is 27.2. The number of halogens is 3. The highest BCUT2D eigenvalue weighted by atomic mass is 19.4. The number of likely N-dealkylation sites (N-methyl/N-ethyl adjacent to an activating group) is 6. The smallest absolute Gasteiger partial charge is 0.401 e. The van der Waals surface area contributed by atoms with Crippen LogP contribution in [0.25, 0.3) is 0 Å². The summed E-state index contributed by atoms with van der Waals surface area (Å²) < 4.78 is 51.3. The van der Waals surface area contributed by atoms with Crippen LogP contribution >= 0.6 is 0 Å². The molecule has 2 fully saturated rings. The summed E-state index contributed by atoms with van der Waals surface area (Å²) in [5.74, 6) is -13.9. The van der Waals surface area contributed by atoms with E-state index in [2.05, 4.69) is 26.6 Å². The van der Waals surface area contributed by atoms with Gasteiger partial charge in [-0.2, -0.15) is 13.2 Å². The zero-order valence-electron chi connectivity index (χ0n) is 64.9. The molecule has 582 valence electrons. The van der Waals surface area contributed by atoms with Crippen LogP contribution in [0, 0.1) is 41.4 Å². The summed E-state index contributed by atoms with van der Waals surface area (Å²) in [6.07, 6.45) is -1.92. The topological polar surface area (TPSA) is 326 Å². The number of piperazine rings is 1. The Morgan fingerprint density at radius 3 is 1.49 bits per heavy atom. The third-order valence-electron chi connectivity index (χ3n) is 18.9. The quantitative estimate of drug-likeness (QED) is 0.0863. The molecular formula is C71H122F3N13O15. The van der Waals surface area contributed by atoms with Crippen molar-refractivity contribution in [2.24, 2.45) is 41.4 Å². The Kier molecular flexibility index (Phi) is 36.6. The Labute approximate surface area is 602 Å². The number of hydrogen-bond donors (Lipinski definition) is 5. The van der Waals surface area contributed by atoms with Gasteiger partial charge in [0.25, 0.3) is 0 Å². The maximum atomic E-state index is 15.5. The number of allylic oxidation sites excluding steroid dienone is 2. The first-order valence-electron chi connectivity index (χ1n) is 35.7. The molecular weight excluding hydrogens is 1330 g/mol. The summed E-state index contributed by atoms with van der Waals surface area (Å²) in [4.78, 5) is 200. The summed E-state index contributed by atoms with van der Waals surface area (Å²) in [5, 5.41) is 13.5. The van der Waals surface area contributed by atoms with Gasteiger partial charge in [0.1, 0.15) is 79.2 Å². The number of nitrogens with zero attached hydrogens (tertiary/aromatic N) is 8. The molecule has 2 heterocycles. The summed E-state index contributed by atoms with van der Waals surface area (Å²) in [5.41, 5.74) is 0. The first-order chi connectivity index (χ1) is 47.2. The molecule has 5 N–H and O–H groups in total. The lowest BCUT2D eigenvalue weighted by atomic mass is 9.91. The number of carbonyl (C=O) groups is 13. The van der Waals surface area contributed by atoms with Crippen LogP contribution in [-0.4, -0.2) is 283 Å². The summed E-state index contributed by atoms with van der Waals surface area (Å²) >= 11 is 0. The van der Waals surface area contributed by atoms with Gasteiger partial charge in [0.05, 0.1) is 13.2 Å². The van der Waals surface area contributed by atoms with Crippen molar-refractivity contribution in [1.29, 1.82) is 0 Å². The molecule has 0 bridgehead atoms. The second-order valence-electron chi connectivity index (χ2n) is 29.7. The number of rotatable bonds is 20. The largest absolute Gasteiger partial charge is 0.459 e. The zero-order chi connectivity index (χ0) is 78.4. The van der Waals surface area contributed by atoms with Crippen LogP contribution in [0.5, 0.6) is 0 Å². The number of ether oxygens (including phenoxy) is 2. The Morgan fingerprint density at radius 1 is 0.529 bits per heavy atom. The molecule has 102 heavy (non-hydrogen) atoms. The molecule has 28 nitrogen and oxygen atoms in total. The third-order valence-corrected chi connectivity index (χ3v) is 18.9. The minimum Gasteiger partial charge on any atom is -0.459 e. The van der Waals surface area contributed by atoms with Gasteiger partial charge in [-0.1, -0.05) is 102 Å². The van der Waals surface area contributed by atoms with Gasteiger partial charge in [-0.25, -0.2) is 0 Å². The maximum Gasteiger partial charge on any atom is 0.401 e. The van der Waals surface area contributed by atoms with Crippen molar-refractivity contribution in [3.8, 4) is 0 Å². The van der Waals surface area contributed by atoms with Crippen molar-refractivity contribution in [2.75, 3.05) is 88.2 Å². The van der Waals surface area contributed by atoms with E-state index in [1.54, 1.807) is 74.5 Å². The molecule has 14 atom stereocenters. The Hall–Kier alpha value is -7.44. The van der Waals surface area contributed by atoms with Gasteiger partial charge in [-0.05, 0) is 95.3 Å².